The van der Waals surface area contributed by atoms with Crippen LogP contribution in [0.25, 0.3) is 0 Å². The van der Waals surface area contributed by atoms with Crippen LogP contribution in [0.1, 0.15) is 32.4 Å². The van der Waals surface area contributed by atoms with Crippen molar-refractivity contribution in [3.8, 4) is 5.75 Å². The van der Waals surface area contributed by atoms with Crippen molar-refractivity contribution in [2.45, 2.75) is 26.8 Å². The van der Waals surface area contributed by atoms with E-state index in [1.807, 2.05) is 31.2 Å². The molecule has 0 bridgehead atoms. The van der Waals surface area contributed by atoms with Crippen molar-refractivity contribution in [1.82, 2.24) is 5.32 Å². The summed E-state index contributed by atoms with van der Waals surface area (Å²) in [5.74, 6) is 0.826. The maximum absolute atomic E-state index is 11.4. The number of alkyl carbamates (subject to hydrolysis) is 1. The molecule has 0 aromatic heterocycles. The highest BCUT2D eigenvalue weighted by Crippen LogP contribution is 2.37. The Bertz CT molecular complexity index is 442. The molecular weight excluding hydrogens is 230 g/mol. The van der Waals surface area contributed by atoms with Crippen LogP contribution in [0.15, 0.2) is 24.3 Å². The highest BCUT2D eigenvalue weighted by Gasteiger charge is 2.37. The first-order valence-corrected chi connectivity index (χ1v) is 6.19. The van der Waals surface area contributed by atoms with Crippen molar-refractivity contribution in [3.63, 3.8) is 0 Å². The van der Waals surface area contributed by atoms with Gasteiger partial charge in [0.05, 0.1) is 12.6 Å². The van der Waals surface area contributed by atoms with Crippen molar-refractivity contribution in [2.75, 3.05) is 13.2 Å². The van der Waals surface area contributed by atoms with E-state index in [1.54, 1.807) is 0 Å². The average Bonchev–Trinajstić information content (AvgIpc) is 2.33. The molecule has 1 aromatic rings. The van der Waals surface area contributed by atoms with Gasteiger partial charge in [0.25, 0.3) is 0 Å². The van der Waals surface area contributed by atoms with Gasteiger partial charge in [-0.05, 0) is 24.6 Å². The van der Waals surface area contributed by atoms with Crippen LogP contribution in [0.4, 0.5) is 4.79 Å². The Balaban J connectivity index is 2.28. The van der Waals surface area contributed by atoms with Crippen LogP contribution in [0.2, 0.25) is 0 Å². The zero-order valence-corrected chi connectivity index (χ0v) is 11.0. The number of ether oxygens (including phenoxy) is 2. The second-order valence-electron chi connectivity index (χ2n) is 5.15. The third-order valence-electron chi connectivity index (χ3n) is 3.12. The number of nitrogens with one attached hydrogen (secondary N) is 1. The van der Waals surface area contributed by atoms with Crippen LogP contribution in [0, 0.1) is 5.41 Å². The maximum atomic E-state index is 11.4. The Labute approximate surface area is 107 Å². The summed E-state index contributed by atoms with van der Waals surface area (Å²) in [4.78, 5) is 11.4. The summed E-state index contributed by atoms with van der Waals surface area (Å²) in [6, 6.07) is 7.78. The number of hydrogen-bond donors (Lipinski definition) is 1. The predicted octanol–water partition coefficient (Wildman–Crippen LogP) is 2.89. The largest absolute Gasteiger partial charge is 0.494 e. The molecule has 4 nitrogen and oxygen atoms in total. The summed E-state index contributed by atoms with van der Waals surface area (Å²) in [5.41, 5.74) is 0.904. The molecule has 0 spiro atoms. The molecule has 18 heavy (non-hydrogen) atoms. The highest BCUT2D eigenvalue weighted by molar-refractivity contribution is 5.69. The van der Waals surface area contributed by atoms with E-state index in [9.17, 15) is 4.79 Å². The Morgan fingerprint density at radius 1 is 1.50 bits per heavy atom. The lowest BCUT2D eigenvalue weighted by Gasteiger charge is -2.38. The number of carbonyl (C=O) groups is 1. The molecule has 4 heteroatoms. The molecule has 1 amide bonds. The zero-order chi connectivity index (χ0) is 13.2. The fourth-order valence-electron chi connectivity index (χ4n) is 2.17. The number of amides is 1. The monoisotopic (exact) mass is 249 g/mol. The van der Waals surface area contributed by atoms with Gasteiger partial charge in [0, 0.05) is 5.41 Å². The van der Waals surface area contributed by atoms with Crippen LogP contribution >= 0.6 is 0 Å². The molecule has 1 N–H and O–H groups in total. The average molecular weight is 249 g/mol. The summed E-state index contributed by atoms with van der Waals surface area (Å²) in [7, 11) is 0. The molecular formula is C14H19NO3. The first-order chi connectivity index (χ1) is 8.53. The Hall–Kier alpha value is -1.71. The van der Waals surface area contributed by atoms with E-state index in [-0.39, 0.29) is 17.6 Å². The van der Waals surface area contributed by atoms with Crippen molar-refractivity contribution in [3.05, 3.63) is 29.8 Å². The van der Waals surface area contributed by atoms with Crippen LogP contribution in [0.3, 0.4) is 0 Å². The van der Waals surface area contributed by atoms with E-state index < -0.39 is 0 Å². The molecule has 1 atom stereocenters. The van der Waals surface area contributed by atoms with Gasteiger partial charge in [-0.15, -0.1) is 0 Å². The van der Waals surface area contributed by atoms with Crippen LogP contribution in [0.5, 0.6) is 5.75 Å². The first kappa shape index (κ1) is 12.7. The molecule has 98 valence electrons. The minimum absolute atomic E-state index is 0.0563. The predicted molar refractivity (Wildman–Crippen MR) is 68.6 cm³/mol. The van der Waals surface area contributed by atoms with Crippen LogP contribution in [-0.4, -0.2) is 19.3 Å². The Kier molecular flexibility index (Phi) is 3.45. The second kappa shape index (κ2) is 4.88. The molecule has 1 aliphatic heterocycles. The van der Waals surface area contributed by atoms with Gasteiger partial charge in [0.15, 0.2) is 0 Å². The van der Waals surface area contributed by atoms with E-state index in [2.05, 4.69) is 19.2 Å². The molecule has 2 rings (SSSR count). The SMILES string of the molecule is CCOc1cccc([C@H]2NC(=O)OCC2(C)C)c1. The number of rotatable bonds is 3. The lowest BCUT2D eigenvalue weighted by Crippen LogP contribution is -2.46. The van der Waals surface area contributed by atoms with Gasteiger partial charge in [0.1, 0.15) is 12.4 Å². The van der Waals surface area contributed by atoms with Crippen molar-refractivity contribution in [1.29, 1.82) is 0 Å². The molecule has 0 aliphatic carbocycles. The molecule has 0 radical (unpaired) electrons. The van der Waals surface area contributed by atoms with Gasteiger partial charge >= 0.3 is 6.09 Å². The minimum Gasteiger partial charge on any atom is -0.494 e. The smallest absolute Gasteiger partial charge is 0.407 e. The Morgan fingerprint density at radius 2 is 2.28 bits per heavy atom. The number of hydrogen-bond acceptors (Lipinski definition) is 3. The lowest BCUT2D eigenvalue weighted by atomic mass is 9.80. The van der Waals surface area contributed by atoms with Gasteiger partial charge in [-0.3, -0.25) is 0 Å². The van der Waals surface area contributed by atoms with E-state index in [1.165, 1.54) is 0 Å². The summed E-state index contributed by atoms with van der Waals surface area (Å²) >= 11 is 0. The lowest BCUT2D eigenvalue weighted by molar-refractivity contribution is 0.0386. The summed E-state index contributed by atoms with van der Waals surface area (Å²) in [5, 5.41) is 2.88. The van der Waals surface area contributed by atoms with Crippen LogP contribution < -0.4 is 10.1 Å². The Morgan fingerprint density at radius 3 is 3.00 bits per heavy atom. The van der Waals surface area contributed by atoms with Gasteiger partial charge in [0.2, 0.25) is 0 Å². The number of carbonyl (C=O) groups excluding carboxylic acids is 1. The quantitative estimate of drug-likeness (QED) is 0.896. The fraction of sp³-hybridized carbons (Fsp3) is 0.500. The maximum Gasteiger partial charge on any atom is 0.407 e. The zero-order valence-electron chi connectivity index (χ0n) is 11.0. The third-order valence-corrected chi connectivity index (χ3v) is 3.12. The molecule has 0 unspecified atom stereocenters. The van der Waals surface area contributed by atoms with Crippen molar-refractivity contribution < 1.29 is 14.3 Å². The normalized spacial score (nSPS) is 21.9. The molecule has 0 saturated carbocycles. The molecule has 1 aromatic carbocycles. The molecule has 1 fully saturated rings. The minimum atomic E-state index is -0.360. The highest BCUT2D eigenvalue weighted by atomic mass is 16.6. The van der Waals surface area contributed by atoms with Crippen molar-refractivity contribution in [2.24, 2.45) is 5.41 Å². The third kappa shape index (κ3) is 2.58. The second-order valence-corrected chi connectivity index (χ2v) is 5.15. The molecule has 1 aliphatic rings. The summed E-state index contributed by atoms with van der Waals surface area (Å²) < 4.78 is 10.5. The van der Waals surface area contributed by atoms with E-state index in [0.717, 1.165) is 11.3 Å². The number of cyclic esters (lactones) is 1. The van der Waals surface area contributed by atoms with Gasteiger partial charge in [-0.1, -0.05) is 26.0 Å². The summed E-state index contributed by atoms with van der Waals surface area (Å²) in [6.45, 7) is 7.15. The number of benzene rings is 1. The first-order valence-electron chi connectivity index (χ1n) is 6.19. The van der Waals surface area contributed by atoms with Gasteiger partial charge < -0.3 is 14.8 Å². The van der Waals surface area contributed by atoms with E-state index in [0.29, 0.717) is 13.2 Å². The standard InChI is InChI=1S/C14H19NO3/c1-4-17-11-7-5-6-10(8-11)12-14(2,3)9-18-13(16)15-12/h5-8,12H,4,9H2,1-3H3,(H,15,16)/t12-/m1/s1. The van der Waals surface area contributed by atoms with E-state index in [4.69, 9.17) is 9.47 Å². The van der Waals surface area contributed by atoms with E-state index >= 15 is 0 Å². The molecule has 1 heterocycles. The molecule has 1 saturated heterocycles. The summed E-state index contributed by atoms with van der Waals surface area (Å²) in [6.07, 6.45) is -0.360. The van der Waals surface area contributed by atoms with Gasteiger partial charge in [-0.2, -0.15) is 0 Å². The van der Waals surface area contributed by atoms with Crippen LogP contribution in [-0.2, 0) is 4.74 Å². The fourth-order valence-corrected chi connectivity index (χ4v) is 2.17. The topological polar surface area (TPSA) is 47.6 Å². The van der Waals surface area contributed by atoms with Gasteiger partial charge in [-0.25, -0.2) is 4.79 Å². The van der Waals surface area contributed by atoms with Crippen molar-refractivity contribution >= 4 is 6.09 Å².